The molecule has 0 saturated carbocycles. The Morgan fingerprint density at radius 1 is 1.20 bits per heavy atom. The Hall–Kier alpha value is -1.75. The average molecular weight is 300 g/mol. The fraction of sp³-hybridized carbons (Fsp3) is 0.429. The summed E-state index contributed by atoms with van der Waals surface area (Å²) < 4.78 is 5.20. The molecule has 0 aromatic heterocycles. The van der Waals surface area contributed by atoms with E-state index in [1.165, 1.54) is 0 Å². The number of halogens is 1. The molecule has 1 amide bonds. The van der Waals surface area contributed by atoms with Crippen molar-refractivity contribution < 1.29 is 19.4 Å². The minimum Gasteiger partial charge on any atom is -0.481 e. The van der Waals surface area contributed by atoms with Crippen LogP contribution in [-0.2, 0) is 16.1 Å². The first-order chi connectivity index (χ1) is 9.16. The van der Waals surface area contributed by atoms with E-state index in [-0.39, 0.29) is 31.0 Å². The minimum atomic E-state index is -0.780. The SMILES string of the molecule is Cl.O=C(O)C1CCN(C(=O)OCc2ccccc2)CC1. The number of benzene rings is 1. The predicted molar refractivity (Wildman–Crippen MR) is 75.8 cm³/mol. The zero-order valence-corrected chi connectivity index (χ0v) is 11.8. The number of piperidine rings is 1. The number of carbonyl (C=O) groups excluding carboxylic acids is 1. The molecule has 0 aliphatic carbocycles. The van der Waals surface area contributed by atoms with E-state index in [0.29, 0.717) is 25.9 Å². The number of carboxylic acid groups (broad SMARTS) is 1. The lowest BCUT2D eigenvalue weighted by atomic mass is 9.97. The summed E-state index contributed by atoms with van der Waals surface area (Å²) in [5, 5.41) is 8.88. The zero-order valence-electron chi connectivity index (χ0n) is 11.0. The van der Waals surface area contributed by atoms with Crippen LogP contribution in [0.15, 0.2) is 30.3 Å². The molecule has 1 aliphatic rings. The first kappa shape index (κ1) is 16.3. The number of ether oxygens (including phenoxy) is 1. The highest BCUT2D eigenvalue weighted by Gasteiger charge is 2.27. The van der Waals surface area contributed by atoms with Crippen LogP contribution in [0.3, 0.4) is 0 Å². The summed E-state index contributed by atoms with van der Waals surface area (Å²) in [6.07, 6.45) is 0.624. The van der Waals surface area contributed by atoms with Gasteiger partial charge < -0.3 is 14.7 Å². The lowest BCUT2D eigenvalue weighted by Crippen LogP contribution is -2.40. The Kier molecular flexibility index (Phi) is 6.31. The summed E-state index contributed by atoms with van der Waals surface area (Å²) in [5.74, 6) is -1.12. The topological polar surface area (TPSA) is 66.8 Å². The van der Waals surface area contributed by atoms with E-state index in [0.717, 1.165) is 5.56 Å². The van der Waals surface area contributed by atoms with Crippen molar-refractivity contribution >= 4 is 24.5 Å². The molecule has 0 unspecified atom stereocenters. The molecule has 1 aromatic rings. The predicted octanol–water partition coefficient (Wildman–Crippen LogP) is 2.54. The van der Waals surface area contributed by atoms with Crippen LogP contribution in [0.1, 0.15) is 18.4 Å². The van der Waals surface area contributed by atoms with Gasteiger partial charge in [-0.2, -0.15) is 0 Å². The second kappa shape index (κ2) is 7.75. The summed E-state index contributed by atoms with van der Waals surface area (Å²) in [4.78, 5) is 24.2. The van der Waals surface area contributed by atoms with Gasteiger partial charge in [-0.1, -0.05) is 30.3 Å². The Balaban J connectivity index is 0.00000200. The zero-order chi connectivity index (χ0) is 13.7. The third kappa shape index (κ3) is 4.42. The molecule has 110 valence electrons. The Morgan fingerprint density at radius 3 is 2.35 bits per heavy atom. The highest BCUT2D eigenvalue weighted by Crippen LogP contribution is 2.18. The molecule has 1 N–H and O–H groups in total. The van der Waals surface area contributed by atoms with Gasteiger partial charge in [0.05, 0.1) is 5.92 Å². The number of carboxylic acids is 1. The van der Waals surface area contributed by atoms with Crippen molar-refractivity contribution in [3.63, 3.8) is 0 Å². The van der Waals surface area contributed by atoms with E-state index in [4.69, 9.17) is 9.84 Å². The number of aliphatic carboxylic acids is 1. The van der Waals surface area contributed by atoms with Gasteiger partial charge in [-0.25, -0.2) is 4.79 Å². The largest absolute Gasteiger partial charge is 0.481 e. The molecule has 1 heterocycles. The average Bonchev–Trinajstić information content (AvgIpc) is 2.46. The third-order valence-electron chi connectivity index (χ3n) is 3.31. The fourth-order valence-corrected chi connectivity index (χ4v) is 2.12. The molecule has 1 aromatic carbocycles. The molecule has 1 aliphatic heterocycles. The number of rotatable bonds is 3. The molecule has 0 radical (unpaired) electrons. The number of amides is 1. The maximum atomic E-state index is 11.8. The van der Waals surface area contributed by atoms with Gasteiger partial charge >= 0.3 is 12.1 Å². The molecular formula is C14H18ClNO4. The smallest absolute Gasteiger partial charge is 0.410 e. The van der Waals surface area contributed by atoms with Crippen LogP contribution in [0, 0.1) is 5.92 Å². The van der Waals surface area contributed by atoms with E-state index < -0.39 is 5.97 Å². The monoisotopic (exact) mass is 299 g/mol. The quantitative estimate of drug-likeness (QED) is 0.931. The van der Waals surface area contributed by atoms with Crippen LogP contribution in [-0.4, -0.2) is 35.2 Å². The molecule has 1 fully saturated rings. The maximum Gasteiger partial charge on any atom is 0.410 e. The standard InChI is InChI=1S/C14H17NO4.ClH/c16-13(17)12-6-8-15(9-7-12)14(18)19-10-11-4-2-1-3-5-11;/h1-5,12H,6-10H2,(H,16,17);1H. The number of likely N-dealkylation sites (tertiary alicyclic amines) is 1. The van der Waals surface area contributed by atoms with E-state index in [9.17, 15) is 9.59 Å². The van der Waals surface area contributed by atoms with E-state index in [1.807, 2.05) is 30.3 Å². The van der Waals surface area contributed by atoms with Crippen molar-refractivity contribution in [1.82, 2.24) is 4.90 Å². The van der Waals surface area contributed by atoms with Crippen LogP contribution < -0.4 is 0 Å². The van der Waals surface area contributed by atoms with Gasteiger partial charge in [0.1, 0.15) is 6.61 Å². The summed E-state index contributed by atoms with van der Waals surface area (Å²) >= 11 is 0. The summed E-state index contributed by atoms with van der Waals surface area (Å²) in [6.45, 7) is 1.15. The normalized spacial score (nSPS) is 15.3. The van der Waals surface area contributed by atoms with E-state index >= 15 is 0 Å². The van der Waals surface area contributed by atoms with E-state index in [1.54, 1.807) is 4.90 Å². The molecule has 0 atom stereocenters. The van der Waals surface area contributed by atoms with Crippen molar-refractivity contribution in [2.24, 2.45) is 5.92 Å². The lowest BCUT2D eigenvalue weighted by Gasteiger charge is -2.29. The van der Waals surface area contributed by atoms with Gasteiger partial charge in [-0.3, -0.25) is 4.79 Å². The third-order valence-corrected chi connectivity index (χ3v) is 3.31. The summed E-state index contributed by atoms with van der Waals surface area (Å²) in [7, 11) is 0. The highest BCUT2D eigenvalue weighted by atomic mass is 35.5. The lowest BCUT2D eigenvalue weighted by molar-refractivity contribution is -0.143. The van der Waals surface area contributed by atoms with Gasteiger partial charge in [0, 0.05) is 13.1 Å². The second-order valence-corrected chi connectivity index (χ2v) is 4.64. The van der Waals surface area contributed by atoms with Crippen molar-refractivity contribution in [2.45, 2.75) is 19.4 Å². The molecule has 1 saturated heterocycles. The fourth-order valence-electron chi connectivity index (χ4n) is 2.12. The van der Waals surface area contributed by atoms with Gasteiger partial charge in [0.25, 0.3) is 0 Å². The molecule has 20 heavy (non-hydrogen) atoms. The van der Waals surface area contributed by atoms with Crippen LogP contribution in [0.4, 0.5) is 4.79 Å². The summed E-state index contributed by atoms with van der Waals surface area (Å²) in [6, 6.07) is 9.47. The van der Waals surface area contributed by atoms with Crippen LogP contribution >= 0.6 is 12.4 Å². The minimum absolute atomic E-state index is 0. The molecule has 0 spiro atoms. The Labute approximate surface area is 123 Å². The van der Waals surface area contributed by atoms with Crippen molar-refractivity contribution in [3.8, 4) is 0 Å². The second-order valence-electron chi connectivity index (χ2n) is 4.64. The highest BCUT2D eigenvalue weighted by molar-refractivity contribution is 5.85. The number of hydrogen-bond donors (Lipinski definition) is 1. The molecular weight excluding hydrogens is 282 g/mol. The number of hydrogen-bond acceptors (Lipinski definition) is 3. The molecule has 2 rings (SSSR count). The molecule has 6 heteroatoms. The molecule has 5 nitrogen and oxygen atoms in total. The maximum absolute atomic E-state index is 11.8. The van der Waals surface area contributed by atoms with Crippen molar-refractivity contribution in [2.75, 3.05) is 13.1 Å². The number of carbonyl (C=O) groups is 2. The van der Waals surface area contributed by atoms with Crippen LogP contribution in [0.2, 0.25) is 0 Å². The van der Waals surface area contributed by atoms with Gasteiger partial charge in [-0.15, -0.1) is 12.4 Å². The van der Waals surface area contributed by atoms with Crippen LogP contribution in [0.5, 0.6) is 0 Å². The summed E-state index contributed by atoms with van der Waals surface area (Å²) in [5.41, 5.74) is 0.941. The van der Waals surface area contributed by atoms with Gasteiger partial charge in [-0.05, 0) is 18.4 Å². The van der Waals surface area contributed by atoms with Crippen molar-refractivity contribution in [3.05, 3.63) is 35.9 Å². The first-order valence-corrected chi connectivity index (χ1v) is 6.35. The van der Waals surface area contributed by atoms with E-state index in [2.05, 4.69) is 0 Å². The van der Waals surface area contributed by atoms with Gasteiger partial charge in [0.2, 0.25) is 0 Å². The first-order valence-electron chi connectivity index (χ1n) is 6.35. The van der Waals surface area contributed by atoms with Crippen molar-refractivity contribution in [1.29, 1.82) is 0 Å². The van der Waals surface area contributed by atoms with Crippen LogP contribution in [0.25, 0.3) is 0 Å². The Morgan fingerprint density at radius 2 is 1.80 bits per heavy atom. The number of nitrogens with zero attached hydrogens (tertiary/aromatic N) is 1. The van der Waals surface area contributed by atoms with Gasteiger partial charge in [0.15, 0.2) is 0 Å². The Bertz CT molecular complexity index is 444. The molecule has 0 bridgehead atoms.